The fourth-order valence-electron chi connectivity index (χ4n) is 1.97. The maximum Gasteiger partial charge on any atom is 0.0830 e. The van der Waals surface area contributed by atoms with Crippen LogP contribution >= 0.6 is 9.24 Å². The third-order valence-electron chi connectivity index (χ3n) is 2.77. The van der Waals surface area contributed by atoms with Gasteiger partial charge in [-0.05, 0) is 37.1 Å². The molecule has 0 saturated carbocycles. The lowest BCUT2D eigenvalue weighted by molar-refractivity contribution is 0.0156. The molecule has 14 heavy (non-hydrogen) atoms. The predicted octanol–water partition coefficient (Wildman–Crippen LogP) is 2.74. The second-order valence-electron chi connectivity index (χ2n) is 3.99. The minimum Gasteiger partial charge on any atom is -0.374 e. The Morgan fingerprint density at radius 2 is 2.21 bits per heavy atom. The zero-order chi connectivity index (χ0) is 9.97. The number of rotatable bonds is 1. The molecule has 0 spiro atoms. The third kappa shape index (κ3) is 2.16. The van der Waals surface area contributed by atoms with Gasteiger partial charge in [0.25, 0.3) is 0 Å². The smallest absolute Gasteiger partial charge is 0.0830 e. The normalized spacial score (nSPS) is 22.3. The van der Waals surface area contributed by atoms with Gasteiger partial charge in [-0.15, -0.1) is 9.24 Å². The zero-order valence-corrected chi connectivity index (χ0v) is 9.78. The van der Waals surface area contributed by atoms with E-state index in [4.69, 9.17) is 4.74 Å². The quantitative estimate of drug-likeness (QED) is 0.645. The minimum absolute atomic E-state index is 0.330. The molecular weight excluding hydrogens is 191 g/mol. The molecule has 0 aromatic heterocycles. The van der Waals surface area contributed by atoms with Crippen molar-refractivity contribution >= 4 is 14.5 Å². The van der Waals surface area contributed by atoms with E-state index < -0.39 is 0 Å². The van der Waals surface area contributed by atoms with E-state index in [1.54, 1.807) is 0 Å². The Hall–Kier alpha value is -0.390. The second kappa shape index (κ2) is 4.42. The Balaban J connectivity index is 2.22. The molecule has 0 radical (unpaired) electrons. The Bertz CT molecular complexity index is 316. The highest BCUT2D eigenvalue weighted by Crippen LogP contribution is 2.27. The average molecular weight is 208 g/mol. The molecule has 76 valence electrons. The Morgan fingerprint density at radius 1 is 1.36 bits per heavy atom. The highest BCUT2D eigenvalue weighted by atomic mass is 31.0. The van der Waals surface area contributed by atoms with Crippen LogP contribution in [0.5, 0.6) is 0 Å². The van der Waals surface area contributed by atoms with Crippen molar-refractivity contribution in [3.05, 3.63) is 29.3 Å². The zero-order valence-electron chi connectivity index (χ0n) is 8.62. The van der Waals surface area contributed by atoms with E-state index >= 15 is 0 Å². The summed E-state index contributed by atoms with van der Waals surface area (Å²) >= 11 is 0. The summed E-state index contributed by atoms with van der Waals surface area (Å²) in [4.78, 5) is 0. The van der Waals surface area contributed by atoms with E-state index in [9.17, 15) is 0 Å². The van der Waals surface area contributed by atoms with E-state index in [-0.39, 0.29) is 0 Å². The van der Waals surface area contributed by atoms with E-state index in [0.29, 0.717) is 6.10 Å². The molecule has 0 amide bonds. The first kappa shape index (κ1) is 10.1. The third-order valence-corrected chi connectivity index (χ3v) is 3.27. The summed E-state index contributed by atoms with van der Waals surface area (Å²) in [6.07, 6.45) is 4.01. The van der Waals surface area contributed by atoms with E-state index in [1.165, 1.54) is 35.7 Å². The van der Waals surface area contributed by atoms with Crippen LogP contribution < -0.4 is 5.30 Å². The van der Waals surface area contributed by atoms with Crippen LogP contribution in [-0.2, 0) is 4.74 Å². The van der Waals surface area contributed by atoms with Gasteiger partial charge in [-0.1, -0.05) is 23.8 Å². The molecule has 1 aromatic carbocycles. The first-order valence-electron chi connectivity index (χ1n) is 5.25. The molecule has 1 aliphatic rings. The summed E-state index contributed by atoms with van der Waals surface area (Å²) in [6.45, 7) is 3.04. The Kier molecular flexibility index (Phi) is 3.20. The van der Waals surface area contributed by atoms with Crippen molar-refractivity contribution in [2.45, 2.75) is 32.3 Å². The predicted molar refractivity (Wildman–Crippen MR) is 63.1 cm³/mol. The molecule has 1 aromatic rings. The van der Waals surface area contributed by atoms with Crippen molar-refractivity contribution in [3.8, 4) is 0 Å². The lowest BCUT2D eigenvalue weighted by Gasteiger charge is -2.24. The van der Waals surface area contributed by atoms with Crippen molar-refractivity contribution < 1.29 is 4.74 Å². The van der Waals surface area contributed by atoms with Gasteiger partial charge in [-0.2, -0.15) is 0 Å². The van der Waals surface area contributed by atoms with E-state index in [1.807, 2.05) is 0 Å². The molecular formula is C12H17OP. The van der Waals surface area contributed by atoms with Crippen molar-refractivity contribution in [1.82, 2.24) is 0 Å². The van der Waals surface area contributed by atoms with Gasteiger partial charge in [0.15, 0.2) is 0 Å². The molecule has 1 aliphatic heterocycles. The van der Waals surface area contributed by atoms with Crippen LogP contribution in [0.25, 0.3) is 0 Å². The summed E-state index contributed by atoms with van der Waals surface area (Å²) in [7, 11) is 2.81. The van der Waals surface area contributed by atoms with Gasteiger partial charge in [0.1, 0.15) is 0 Å². The van der Waals surface area contributed by atoms with Crippen LogP contribution in [0.1, 0.15) is 36.5 Å². The van der Waals surface area contributed by atoms with Gasteiger partial charge in [-0.25, -0.2) is 0 Å². The molecule has 2 unspecified atom stereocenters. The average Bonchev–Trinajstić information content (AvgIpc) is 2.19. The standard InChI is InChI=1S/C12H17OP/c1-9-5-6-10(12(14)8-9)11-4-2-3-7-13-11/h5-6,8,11H,2-4,7,14H2,1H3. The molecule has 2 heteroatoms. The summed E-state index contributed by atoms with van der Waals surface area (Å²) in [6, 6.07) is 6.58. The summed E-state index contributed by atoms with van der Waals surface area (Å²) in [5.41, 5.74) is 2.66. The van der Waals surface area contributed by atoms with Gasteiger partial charge >= 0.3 is 0 Å². The topological polar surface area (TPSA) is 9.23 Å². The molecule has 2 atom stereocenters. The molecule has 1 saturated heterocycles. The van der Waals surface area contributed by atoms with E-state index in [2.05, 4.69) is 34.4 Å². The van der Waals surface area contributed by atoms with Crippen molar-refractivity contribution in [3.63, 3.8) is 0 Å². The second-order valence-corrected chi connectivity index (χ2v) is 4.61. The molecule has 2 rings (SSSR count). The van der Waals surface area contributed by atoms with Crippen LogP contribution in [-0.4, -0.2) is 6.61 Å². The fraction of sp³-hybridized carbons (Fsp3) is 0.500. The monoisotopic (exact) mass is 208 g/mol. The number of hydrogen-bond donors (Lipinski definition) is 0. The molecule has 0 bridgehead atoms. The van der Waals surface area contributed by atoms with Crippen LogP contribution in [0.3, 0.4) is 0 Å². The first-order chi connectivity index (χ1) is 6.77. The fourth-order valence-corrected chi connectivity index (χ4v) is 2.52. The lowest BCUT2D eigenvalue weighted by atomic mass is 10.0. The highest BCUT2D eigenvalue weighted by Gasteiger charge is 2.17. The largest absolute Gasteiger partial charge is 0.374 e. The number of ether oxygens (including phenoxy) is 1. The number of hydrogen-bond acceptors (Lipinski definition) is 1. The van der Waals surface area contributed by atoms with Gasteiger partial charge in [0.05, 0.1) is 6.10 Å². The van der Waals surface area contributed by atoms with E-state index in [0.717, 1.165) is 6.61 Å². The maximum atomic E-state index is 5.77. The summed E-state index contributed by atoms with van der Waals surface area (Å²) in [5.74, 6) is 0. The van der Waals surface area contributed by atoms with Gasteiger partial charge in [0, 0.05) is 6.61 Å². The van der Waals surface area contributed by atoms with Gasteiger partial charge in [0.2, 0.25) is 0 Å². The van der Waals surface area contributed by atoms with Crippen molar-refractivity contribution in [2.24, 2.45) is 0 Å². The lowest BCUT2D eigenvalue weighted by Crippen LogP contribution is -2.16. The van der Waals surface area contributed by atoms with Crippen molar-refractivity contribution in [1.29, 1.82) is 0 Å². The molecule has 1 fully saturated rings. The molecule has 1 heterocycles. The van der Waals surface area contributed by atoms with Crippen LogP contribution in [0, 0.1) is 6.92 Å². The van der Waals surface area contributed by atoms with Crippen LogP contribution in [0.4, 0.5) is 0 Å². The Morgan fingerprint density at radius 3 is 2.86 bits per heavy atom. The number of aryl methyl sites for hydroxylation is 1. The minimum atomic E-state index is 0.330. The molecule has 0 aliphatic carbocycles. The van der Waals surface area contributed by atoms with Crippen LogP contribution in [0.15, 0.2) is 18.2 Å². The Labute approximate surface area is 88.1 Å². The number of benzene rings is 1. The SMILES string of the molecule is Cc1ccc(C2CCCCO2)c(P)c1. The first-order valence-corrected chi connectivity index (χ1v) is 5.83. The van der Waals surface area contributed by atoms with Crippen LogP contribution in [0.2, 0.25) is 0 Å². The highest BCUT2D eigenvalue weighted by molar-refractivity contribution is 7.27. The van der Waals surface area contributed by atoms with Gasteiger partial charge < -0.3 is 4.74 Å². The van der Waals surface area contributed by atoms with Crippen molar-refractivity contribution in [2.75, 3.05) is 6.61 Å². The summed E-state index contributed by atoms with van der Waals surface area (Å²) in [5, 5.41) is 1.29. The molecule has 1 nitrogen and oxygen atoms in total. The molecule has 0 N–H and O–H groups in total. The maximum absolute atomic E-state index is 5.77. The summed E-state index contributed by atoms with van der Waals surface area (Å²) < 4.78 is 5.77. The van der Waals surface area contributed by atoms with Gasteiger partial charge in [-0.3, -0.25) is 0 Å².